The van der Waals surface area contributed by atoms with Crippen LogP contribution in [-0.2, 0) is 0 Å². The summed E-state index contributed by atoms with van der Waals surface area (Å²) >= 11 is 1.63. The van der Waals surface area contributed by atoms with Gasteiger partial charge in [0, 0.05) is 22.6 Å². The van der Waals surface area contributed by atoms with Crippen molar-refractivity contribution in [2.45, 2.75) is 18.2 Å². The minimum absolute atomic E-state index is 0.0748. The Morgan fingerprint density at radius 2 is 2.23 bits per heavy atom. The van der Waals surface area contributed by atoms with E-state index in [0.29, 0.717) is 17.5 Å². The van der Waals surface area contributed by atoms with E-state index in [4.69, 9.17) is 0 Å². The summed E-state index contributed by atoms with van der Waals surface area (Å²) in [7, 11) is 0. The minimum atomic E-state index is -0.283. The Balaban J connectivity index is 2.65. The van der Waals surface area contributed by atoms with E-state index in [9.17, 15) is 9.18 Å². The highest BCUT2D eigenvalue weighted by Gasteiger charge is 2.21. The number of ketones is 1. The number of hydrogen-bond donors (Lipinski definition) is 0. The summed E-state index contributed by atoms with van der Waals surface area (Å²) in [6.07, 6.45) is 0.530. The van der Waals surface area contributed by atoms with Gasteiger partial charge in [-0.25, -0.2) is 4.39 Å². The molecule has 1 heterocycles. The van der Waals surface area contributed by atoms with Gasteiger partial charge in [-0.3, -0.25) is 4.79 Å². The van der Waals surface area contributed by atoms with E-state index < -0.39 is 0 Å². The number of hydrogen-bond acceptors (Lipinski definition) is 2. The second-order valence-electron chi connectivity index (χ2n) is 3.07. The number of fused-ring (bicyclic) bond motifs is 1. The molecule has 0 amide bonds. The third-order valence-corrected chi connectivity index (χ3v) is 3.29. The van der Waals surface area contributed by atoms with Crippen LogP contribution in [0.4, 0.5) is 4.39 Å². The maximum atomic E-state index is 13.1. The number of thioether (sulfide) groups is 1. The van der Waals surface area contributed by atoms with Crippen molar-refractivity contribution in [3.8, 4) is 0 Å². The van der Waals surface area contributed by atoms with Gasteiger partial charge in [0.05, 0.1) is 0 Å². The van der Waals surface area contributed by atoms with Crippen molar-refractivity contribution in [1.82, 2.24) is 0 Å². The van der Waals surface area contributed by atoms with Gasteiger partial charge in [0.1, 0.15) is 5.82 Å². The van der Waals surface area contributed by atoms with Gasteiger partial charge in [-0.1, -0.05) is 0 Å². The summed E-state index contributed by atoms with van der Waals surface area (Å²) in [4.78, 5) is 12.4. The van der Waals surface area contributed by atoms with E-state index in [-0.39, 0.29) is 11.6 Å². The van der Waals surface area contributed by atoms with Gasteiger partial charge in [-0.15, -0.1) is 11.8 Å². The second-order valence-corrected chi connectivity index (χ2v) is 4.20. The second kappa shape index (κ2) is 3.14. The molecule has 0 bridgehead atoms. The summed E-state index contributed by atoms with van der Waals surface area (Å²) in [5.41, 5.74) is 1.09. The molecule has 0 aromatic heterocycles. The van der Waals surface area contributed by atoms with Gasteiger partial charge < -0.3 is 0 Å². The predicted octanol–water partition coefficient (Wildman–Crippen LogP) is 2.81. The predicted molar refractivity (Wildman–Crippen MR) is 50.8 cm³/mol. The first kappa shape index (κ1) is 8.75. The first-order valence-electron chi connectivity index (χ1n) is 4.15. The topological polar surface area (TPSA) is 17.1 Å². The van der Waals surface area contributed by atoms with E-state index in [1.165, 1.54) is 6.07 Å². The van der Waals surface area contributed by atoms with Crippen molar-refractivity contribution in [3.05, 3.63) is 29.1 Å². The normalized spacial score (nSPS) is 15.7. The molecular formula is C10H9FOS. The van der Waals surface area contributed by atoms with Gasteiger partial charge in [-0.2, -0.15) is 0 Å². The van der Waals surface area contributed by atoms with Crippen LogP contribution < -0.4 is 0 Å². The number of halogens is 1. The average molecular weight is 196 g/mol. The molecule has 1 nitrogen and oxygen atoms in total. The van der Waals surface area contributed by atoms with Crippen LogP contribution in [0.15, 0.2) is 17.0 Å². The Bertz CT molecular complexity index is 373. The zero-order valence-electron chi connectivity index (χ0n) is 7.26. The molecule has 0 aliphatic carbocycles. The zero-order valence-corrected chi connectivity index (χ0v) is 8.08. The highest BCUT2D eigenvalue weighted by Crippen LogP contribution is 2.32. The number of carbonyl (C=O) groups is 1. The zero-order chi connectivity index (χ0) is 9.42. The van der Waals surface area contributed by atoms with Crippen LogP contribution in [0.2, 0.25) is 0 Å². The molecule has 68 valence electrons. The molecule has 1 aliphatic heterocycles. The van der Waals surface area contributed by atoms with Gasteiger partial charge in [-0.05, 0) is 24.6 Å². The van der Waals surface area contributed by atoms with Crippen molar-refractivity contribution in [3.63, 3.8) is 0 Å². The lowest BCUT2D eigenvalue weighted by Crippen LogP contribution is -2.11. The quantitative estimate of drug-likeness (QED) is 0.634. The van der Waals surface area contributed by atoms with Crippen LogP contribution >= 0.6 is 11.8 Å². The van der Waals surface area contributed by atoms with E-state index >= 15 is 0 Å². The highest BCUT2D eigenvalue weighted by atomic mass is 32.2. The lowest BCUT2D eigenvalue weighted by Gasteiger charge is -2.16. The molecule has 2 rings (SSSR count). The van der Waals surface area contributed by atoms with Gasteiger partial charge in [0.2, 0.25) is 0 Å². The van der Waals surface area contributed by atoms with Gasteiger partial charge in [0.25, 0.3) is 0 Å². The Kier molecular flexibility index (Phi) is 2.12. The standard InChI is InChI=1S/C10H9FOS/c1-6-7(11)2-3-9-10(6)8(12)4-5-13-9/h2-3H,4-5H2,1H3. The Labute approximate surface area is 80.3 Å². The molecule has 0 saturated heterocycles. The van der Waals surface area contributed by atoms with Crippen LogP contribution in [0.1, 0.15) is 22.3 Å². The fourth-order valence-corrected chi connectivity index (χ4v) is 2.59. The number of benzene rings is 1. The molecule has 0 spiro atoms. The molecular weight excluding hydrogens is 187 g/mol. The molecule has 0 radical (unpaired) electrons. The van der Waals surface area contributed by atoms with E-state index in [2.05, 4.69) is 0 Å². The van der Waals surface area contributed by atoms with Crippen molar-refractivity contribution >= 4 is 17.5 Å². The Morgan fingerprint density at radius 3 is 3.00 bits per heavy atom. The first-order chi connectivity index (χ1) is 6.20. The molecule has 13 heavy (non-hydrogen) atoms. The lowest BCUT2D eigenvalue weighted by molar-refractivity contribution is 0.0983. The minimum Gasteiger partial charge on any atom is -0.294 e. The fraction of sp³-hybridized carbons (Fsp3) is 0.300. The number of Topliss-reactive ketones (excluding diaryl/α,β-unsaturated/α-hetero) is 1. The fourth-order valence-electron chi connectivity index (χ4n) is 1.51. The lowest BCUT2D eigenvalue weighted by atomic mass is 10.0. The summed E-state index contributed by atoms with van der Waals surface area (Å²) in [5, 5.41) is 0. The first-order valence-corrected chi connectivity index (χ1v) is 5.14. The third-order valence-electron chi connectivity index (χ3n) is 2.23. The van der Waals surface area contributed by atoms with Crippen molar-refractivity contribution in [2.75, 3.05) is 5.75 Å². The van der Waals surface area contributed by atoms with Crippen LogP contribution in [-0.4, -0.2) is 11.5 Å². The van der Waals surface area contributed by atoms with E-state index in [1.807, 2.05) is 0 Å². The molecule has 1 aromatic carbocycles. The number of carbonyl (C=O) groups excluding carboxylic acids is 1. The van der Waals surface area contributed by atoms with Gasteiger partial charge in [0.15, 0.2) is 5.78 Å². The number of rotatable bonds is 0. The van der Waals surface area contributed by atoms with Crippen molar-refractivity contribution < 1.29 is 9.18 Å². The van der Waals surface area contributed by atoms with E-state index in [1.54, 1.807) is 24.8 Å². The molecule has 3 heteroatoms. The van der Waals surface area contributed by atoms with Crippen LogP contribution in [0.25, 0.3) is 0 Å². The molecule has 0 atom stereocenters. The van der Waals surface area contributed by atoms with Gasteiger partial charge >= 0.3 is 0 Å². The van der Waals surface area contributed by atoms with Crippen molar-refractivity contribution in [2.24, 2.45) is 0 Å². The SMILES string of the molecule is Cc1c(F)ccc2c1C(=O)CCS2. The van der Waals surface area contributed by atoms with E-state index in [0.717, 1.165) is 10.6 Å². The van der Waals surface area contributed by atoms with Crippen LogP contribution in [0.5, 0.6) is 0 Å². The molecule has 1 aliphatic rings. The Morgan fingerprint density at radius 1 is 1.46 bits per heavy atom. The third kappa shape index (κ3) is 1.37. The monoisotopic (exact) mass is 196 g/mol. The maximum Gasteiger partial charge on any atom is 0.165 e. The summed E-state index contributed by atoms with van der Waals surface area (Å²) < 4.78 is 13.1. The highest BCUT2D eigenvalue weighted by molar-refractivity contribution is 7.99. The molecule has 0 fully saturated rings. The maximum absolute atomic E-state index is 13.1. The molecule has 0 N–H and O–H groups in total. The van der Waals surface area contributed by atoms with Crippen LogP contribution in [0.3, 0.4) is 0 Å². The summed E-state index contributed by atoms with van der Waals surface area (Å²) in [6.45, 7) is 1.66. The smallest absolute Gasteiger partial charge is 0.165 e. The summed E-state index contributed by atoms with van der Waals surface area (Å²) in [5.74, 6) is 0.608. The molecule has 1 aromatic rings. The summed E-state index contributed by atoms with van der Waals surface area (Å²) in [6, 6.07) is 3.12. The Hall–Kier alpha value is -0.830. The van der Waals surface area contributed by atoms with Crippen molar-refractivity contribution in [1.29, 1.82) is 0 Å². The van der Waals surface area contributed by atoms with Crippen LogP contribution in [0, 0.1) is 12.7 Å². The molecule has 0 saturated carbocycles. The molecule has 0 unspecified atom stereocenters. The largest absolute Gasteiger partial charge is 0.294 e. The average Bonchev–Trinajstić information content (AvgIpc) is 2.12.